The van der Waals surface area contributed by atoms with Gasteiger partial charge in [-0.05, 0) is 25.1 Å². The minimum absolute atomic E-state index is 0.00490. The number of aliphatic carboxylic acids is 1. The molecular weight excluding hydrogens is 303 g/mol. The maximum absolute atomic E-state index is 13.3. The second-order valence-electron chi connectivity index (χ2n) is 5.41. The molecule has 2 heterocycles. The van der Waals surface area contributed by atoms with E-state index in [0.717, 1.165) is 0 Å². The second-order valence-corrected chi connectivity index (χ2v) is 5.41. The lowest BCUT2D eigenvalue weighted by Crippen LogP contribution is -2.48. The number of morpholine rings is 1. The highest BCUT2D eigenvalue weighted by atomic mass is 19.1. The largest absolute Gasteiger partial charge is 0.479 e. The average molecular weight is 318 g/mol. The van der Waals surface area contributed by atoms with Crippen LogP contribution in [0.15, 0.2) is 24.3 Å². The highest BCUT2D eigenvalue weighted by molar-refractivity contribution is 5.99. The van der Waals surface area contributed by atoms with E-state index in [9.17, 15) is 14.0 Å². The van der Waals surface area contributed by atoms with Crippen molar-refractivity contribution in [3.05, 3.63) is 41.3 Å². The summed E-state index contributed by atoms with van der Waals surface area (Å²) in [4.78, 5) is 29.4. The van der Waals surface area contributed by atoms with Gasteiger partial charge in [0.15, 0.2) is 6.10 Å². The van der Waals surface area contributed by atoms with Gasteiger partial charge in [0.2, 0.25) is 0 Å². The van der Waals surface area contributed by atoms with Crippen molar-refractivity contribution < 1.29 is 23.8 Å². The number of fused-ring (bicyclic) bond motifs is 1. The number of pyridine rings is 1. The molecule has 23 heavy (non-hydrogen) atoms. The second kappa shape index (κ2) is 5.92. The Bertz CT molecular complexity index is 793. The van der Waals surface area contributed by atoms with E-state index in [0.29, 0.717) is 28.7 Å². The van der Waals surface area contributed by atoms with Crippen LogP contribution < -0.4 is 0 Å². The molecule has 1 aromatic carbocycles. The zero-order chi connectivity index (χ0) is 16.6. The Balaban J connectivity index is 1.92. The molecule has 1 amide bonds. The Morgan fingerprint density at radius 2 is 2.17 bits per heavy atom. The van der Waals surface area contributed by atoms with Gasteiger partial charge in [0.05, 0.1) is 29.9 Å². The first-order chi connectivity index (χ1) is 11.0. The lowest BCUT2D eigenvalue weighted by atomic mass is 10.1. The third-order valence-electron chi connectivity index (χ3n) is 3.83. The van der Waals surface area contributed by atoms with Crippen LogP contribution in [0.2, 0.25) is 0 Å². The molecule has 1 atom stereocenters. The molecule has 0 radical (unpaired) electrons. The molecule has 1 saturated heterocycles. The van der Waals surface area contributed by atoms with Crippen LogP contribution in [0.1, 0.15) is 16.1 Å². The fourth-order valence-corrected chi connectivity index (χ4v) is 2.61. The zero-order valence-electron chi connectivity index (χ0n) is 12.5. The fourth-order valence-electron chi connectivity index (χ4n) is 2.61. The number of carbonyl (C=O) groups is 2. The van der Waals surface area contributed by atoms with Crippen molar-refractivity contribution in [2.24, 2.45) is 0 Å². The van der Waals surface area contributed by atoms with E-state index < -0.39 is 12.1 Å². The van der Waals surface area contributed by atoms with Gasteiger partial charge in [-0.2, -0.15) is 0 Å². The molecule has 0 saturated carbocycles. The van der Waals surface area contributed by atoms with Gasteiger partial charge in [-0.1, -0.05) is 0 Å². The van der Waals surface area contributed by atoms with Crippen LogP contribution in [0, 0.1) is 12.7 Å². The Labute approximate surface area is 131 Å². The monoisotopic (exact) mass is 318 g/mol. The molecule has 1 aromatic heterocycles. The van der Waals surface area contributed by atoms with Crippen LogP contribution in [0.25, 0.3) is 10.9 Å². The van der Waals surface area contributed by atoms with Crippen molar-refractivity contribution >= 4 is 22.8 Å². The third kappa shape index (κ3) is 3.00. The lowest BCUT2D eigenvalue weighted by Gasteiger charge is -2.31. The van der Waals surface area contributed by atoms with E-state index in [2.05, 4.69) is 4.98 Å². The predicted molar refractivity (Wildman–Crippen MR) is 79.7 cm³/mol. The van der Waals surface area contributed by atoms with Crippen LogP contribution in [-0.2, 0) is 9.53 Å². The Kier molecular flexibility index (Phi) is 3.96. The molecule has 7 heteroatoms. The molecule has 0 aliphatic carbocycles. The van der Waals surface area contributed by atoms with Gasteiger partial charge in [0.1, 0.15) is 5.82 Å². The molecule has 3 rings (SSSR count). The lowest BCUT2D eigenvalue weighted by molar-refractivity contribution is -0.154. The van der Waals surface area contributed by atoms with Crippen LogP contribution in [-0.4, -0.2) is 52.7 Å². The van der Waals surface area contributed by atoms with Gasteiger partial charge in [-0.25, -0.2) is 9.18 Å². The molecule has 0 spiro atoms. The van der Waals surface area contributed by atoms with Crippen LogP contribution in [0.4, 0.5) is 4.39 Å². The number of ether oxygens (including phenoxy) is 1. The molecule has 0 bridgehead atoms. The molecule has 120 valence electrons. The predicted octanol–water partition coefficient (Wildman–Crippen LogP) is 1.61. The number of hydrogen-bond acceptors (Lipinski definition) is 4. The number of aryl methyl sites for hydroxylation is 1. The maximum Gasteiger partial charge on any atom is 0.334 e. The van der Waals surface area contributed by atoms with Crippen molar-refractivity contribution in [1.29, 1.82) is 0 Å². The topological polar surface area (TPSA) is 79.7 Å². The van der Waals surface area contributed by atoms with Gasteiger partial charge in [-0.3, -0.25) is 9.78 Å². The van der Waals surface area contributed by atoms with Gasteiger partial charge < -0.3 is 14.7 Å². The number of aromatic nitrogens is 1. The van der Waals surface area contributed by atoms with Crippen LogP contribution in [0.5, 0.6) is 0 Å². The summed E-state index contributed by atoms with van der Waals surface area (Å²) in [6.45, 7) is 2.17. The summed E-state index contributed by atoms with van der Waals surface area (Å²) in [7, 11) is 0. The van der Waals surface area contributed by atoms with E-state index in [1.807, 2.05) is 0 Å². The molecule has 2 aromatic rings. The van der Waals surface area contributed by atoms with Gasteiger partial charge >= 0.3 is 5.97 Å². The first-order valence-electron chi connectivity index (χ1n) is 7.16. The molecule has 1 aliphatic rings. The molecule has 1 aliphatic heterocycles. The number of carboxylic acid groups (broad SMARTS) is 1. The number of amides is 1. The average Bonchev–Trinajstić information content (AvgIpc) is 2.53. The number of nitrogens with zero attached hydrogens (tertiary/aromatic N) is 2. The Morgan fingerprint density at radius 3 is 2.91 bits per heavy atom. The first kappa shape index (κ1) is 15.4. The number of carboxylic acids is 1. The first-order valence-corrected chi connectivity index (χ1v) is 7.16. The third-order valence-corrected chi connectivity index (χ3v) is 3.83. The van der Waals surface area contributed by atoms with Crippen molar-refractivity contribution in [3.8, 4) is 0 Å². The van der Waals surface area contributed by atoms with Crippen LogP contribution in [0.3, 0.4) is 0 Å². The molecule has 1 fully saturated rings. The maximum atomic E-state index is 13.3. The summed E-state index contributed by atoms with van der Waals surface area (Å²) in [6.07, 6.45) is -1.02. The van der Waals surface area contributed by atoms with Crippen LogP contribution >= 0.6 is 0 Å². The molecule has 6 nitrogen and oxygen atoms in total. The minimum Gasteiger partial charge on any atom is -0.479 e. The fraction of sp³-hybridized carbons (Fsp3) is 0.312. The Morgan fingerprint density at radius 1 is 1.39 bits per heavy atom. The van der Waals surface area contributed by atoms with Gasteiger partial charge in [-0.15, -0.1) is 0 Å². The summed E-state index contributed by atoms with van der Waals surface area (Å²) in [5, 5.41) is 9.68. The van der Waals surface area contributed by atoms with E-state index in [-0.39, 0.29) is 24.9 Å². The van der Waals surface area contributed by atoms with Gasteiger partial charge in [0, 0.05) is 18.0 Å². The standard InChI is InChI=1S/C16H15FN2O4/c1-9-12(6-10-2-3-11(17)7-13(10)18-9)15(20)19-4-5-23-14(8-19)16(21)22/h2-3,6-7,14H,4-5,8H2,1H3,(H,21,22)/t14-/m1/s1. The summed E-state index contributed by atoms with van der Waals surface area (Å²) in [6, 6.07) is 5.84. The smallest absolute Gasteiger partial charge is 0.334 e. The van der Waals surface area contributed by atoms with Gasteiger partial charge in [0.25, 0.3) is 5.91 Å². The summed E-state index contributed by atoms with van der Waals surface area (Å²) in [5.41, 5.74) is 1.34. The summed E-state index contributed by atoms with van der Waals surface area (Å²) < 4.78 is 18.4. The Hall–Kier alpha value is -2.54. The van der Waals surface area contributed by atoms with Crippen molar-refractivity contribution in [1.82, 2.24) is 9.88 Å². The van der Waals surface area contributed by atoms with E-state index in [4.69, 9.17) is 9.84 Å². The number of rotatable bonds is 2. The highest BCUT2D eigenvalue weighted by Crippen LogP contribution is 2.20. The number of carbonyl (C=O) groups excluding carboxylic acids is 1. The van der Waals surface area contributed by atoms with E-state index >= 15 is 0 Å². The SMILES string of the molecule is Cc1nc2cc(F)ccc2cc1C(=O)N1CCO[C@@H](C(=O)O)C1. The number of hydrogen-bond donors (Lipinski definition) is 1. The zero-order valence-corrected chi connectivity index (χ0v) is 12.5. The normalized spacial score (nSPS) is 18.2. The van der Waals surface area contributed by atoms with Crippen molar-refractivity contribution in [3.63, 3.8) is 0 Å². The van der Waals surface area contributed by atoms with Crippen molar-refractivity contribution in [2.45, 2.75) is 13.0 Å². The summed E-state index contributed by atoms with van der Waals surface area (Å²) >= 11 is 0. The number of halogens is 1. The van der Waals surface area contributed by atoms with Crippen molar-refractivity contribution in [2.75, 3.05) is 19.7 Å². The molecule has 1 N–H and O–H groups in total. The van der Waals surface area contributed by atoms with E-state index in [1.54, 1.807) is 19.1 Å². The molecule has 0 unspecified atom stereocenters. The quantitative estimate of drug-likeness (QED) is 0.910. The summed E-state index contributed by atoms with van der Waals surface area (Å²) in [5.74, 6) is -1.77. The van der Waals surface area contributed by atoms with E-state index in [1.165, 1.54) is 17.0 Å². The number of benzene rings is 1. The highest BCUT2D eigenvalue weighted by Gasteiger charge is 2.30. The minimum atomic E-state index is -1.09. The molecular formula is C16H15FN2O4.